The highest BCUT2D eigenvalue weighted by Gasteiger charge is 1.89. The van der Waals surface area contributed by atoms with Crippen molar-refractivity contribution in [3.05, 3.63) is 0 Å². The van der Waals surface area contributed by atoms with Gasteiger partial charge in [-0.25, -0.2) is 4.72 Å². The molecule has 10 heavy (non-hydrogen) atoms. The van der Waals surface area contributed by atoms with Gasteiger partial charge in [0.1, 0.15) is 4.32 Å². The summed E-state index contributed by atoms with van der Waals surface area (Å²) in [5.74, 6) is 0.573. The molecular formula is C3H7N2O2S3-. The van der Waals surface area contributed by atoms with Gasteiger partial charge in [0.2, 0.25) is 0 Å². The molecule has 0 amide bonds. The quantitative estimate of drug-likeness (QED) is 0.357. The Morgan fingerprint density at radius 3 is 2.90 bits per heavy atom. The molecule has 60 valence electrons. The van der Waals surface area contributed by atoms with E-state index in [9.17, 15) is 8.76 Å². The number of rotatable bonds is 4. The number of thioether (sulfide) groups is 1. The molecule has 0 bridgehead atoms. The monoisotopic (exact) mass is 199 g/mol. The molecule has 0 aliphatic carbocycles. The fourth-order valence-electron chi connectivity index (χ4n) is 0.277. The third-order valence-corrected chi connectivity index (χ3v) is 2.05. The second-order valence-corrected chi connectivity index (χ2v) is 3.89. The Kier molecular flexibility index (Phi) is 6.24. The summed E-state index contributed by atoms with van der Waals surface area (Å²) in [6.45, 7) is 0.359. The third kappa shape index (κ3) is 8.31. The fourth-order valence-corrected chi connectivity index (χ4v) is 1.33. The van der Waals surface area contributed by atoms with Crippen LogP contribution in [0.15, 0.2) is 0 Å². The molecule has 0 spiro atoms. The Bertz CT molecular complexity index is 124. The van der Waals surface area contributed by atoms with Crippen molar-refractivity contribution in [1.29, 1.82) is 0 Å². The highest BCUT2D eigenvalue weighted by atomic mass is 32.2. The van der Waals surface area contributed by atoms with Gasteiger partial charge in [-0.05, 0) is 0 Å². The van der Waals surface area contributed by atoms with E-state index in [4.69, 9.17) is 5.73 Å². The Balaban J connectivity index is 3.06. The smallest absolute Gasteiger partial charge is 0.131 e. The minimum absolute atomic E-state index is 0.332. The van der Waals surface area contributed by atoms with Crippen molar-refractivity contribution in [1.82, 2.24) is 4.72 Å². The van der Waals surface area contributed by atoms with Crippen LogP contribution in [0, 0.1) is 0 Å². The van der Waals surface area contributed by atoms with Crippen molar-refractivity contribution >= 4 is 39.6 Å². The molecule has 0 aromatic rings. The van der Waals surface area contributed by atoms with Crippen LogP contribution in [0.5, 0.6) is 0 Å². The zero-order chi connectivity index (χ0) is 7.98. The normalized spacial score (nSPS) is 12.9. The predicted molar refractivity (Wildman–Crippen MR) is 46.2 cm³/mol. The molecule has 0 aromatic carbocycles. The van der Waals surface area contributed by atoms with E-state index in [2.05, 4.69) is 16.9 Å². The van der Waals surface area contributed by atoms with Crippen LogP contribution in [0.1, 0.15) is 0 Å². The van der Waals surface area contributed by atoms with Crippen LogP contribution in [-0.2, 0) is 11.3 Å². The summed E-state index contributed by atoms with van der Waals surface area (Å²) in [4.78, 5) is 0. The van der Waals surface area contributed by atoms with E-state index in [0.29, 0.717) is 16.6 Å². The Labute approximate surface area is 71.4 Å². The topological polar surface area (TPSA) is 78.2 Å². The molecule has 7 heteroatoms. The number of nitrogens with one attached hydrogen (secondary N) is 1. The van der Waals surface area contributed by atoms with Crippen molar-refractivity contribution in [2.75, 3.05) is 12.3 Å². The number of hydrogen-bond acceptors (Lipinski definition) is 4. The van der Waals surface area contributed by atoms with E-state index >= 15 is 0 Å². The zero-order valence-corrected chi connectivity index (χ0v) is 7.48. The maximum atomic E-state index is 9.86. The van der Waals surface area contributed by atoms with Crippen LogP contribution in [0.4, 0.5) is 0 Å². The van der Waals surface area contributed by atoms with Crippen molar-refractivity contribution in [2.24, 2.45) is 5.73 Å². The summed E-state index contributed by atoms with van der Waals surface area (Å²) < 4.78 is 22.2. The molecule has 1 atom stereocenters. The fraction of sp³-hybridized carbons (Fsp3) is 0.667. The largest absolute Gasteiger partial charge is 0.760 e. The minimum Gasteiger partial charge on any atom is -0.760 e. The second-order valence-electron chi connectivity index (χ2n) is 1.30. The van der Waals surface area contributed by atoms with E-state index in [1.54, 1.807) is 0 Å². The average molecular weight is 199 g/mol. The number of hydrogen-bond donors (Lipinski definition) is 2. The molecule has 4 nitrogen and oxygen atoms in total. The first-order valence-electron chi connectivity index (χ1n) is 2.38. The summed E-state index contributed by atoms with van der Waals surface area (Å²) in [6, 6.07) is 0. The molecular weight excluding hydrogens is 192 g/mol. The molecule has 0 heterocycles. The zero-order valence-electron chi connectivity index (χ0n) is 5.03. The first kappa shape index (κ1) is 10.3. The van der Waals surface area contributed by atoms with Gasteiger partial charge in [0.25, 0.3) is 0 Å². The molecule has 0 rings (SSSR count). The van der Waals surface area contributed by atoms with Crippen LogP contribution in [0.25, 0.3) is 0 Å². The molecule has 3 N–H and O–H groups in total. The molecule has 0 aliphatic heterocycles. The molecule has 0 fully saturated rings. The van der Waals surface area contributed by atoms with Gasteiger partial charge < -0.3 is 10.3 Å². The maximum Gasteiger partial charge on any atom is 0.131 e. The summed E-state index contributed by atoms with van der Waals surface area (Å²) >= 11 is 3.60. The Hall–Kier alpha value is 0.310. The van der Waals surface area contributed by atoms with Crippen LogP contribution in [-0.4, -0.2) is 25.4 Å². The molecule has 0 radical (unpaired) electrons. The van der Waals surface area contributed by atoms with E-state index in [-0.39, 0.29) is 0 Å². The van der Waals surface area contributed by atoms with Crippen molar-refractivity contribution < 1.29 is 8.76 Å². The van der Waals surface area contributed by atoms with Crippen LogP contribution in [0.2, 0.25) is 0 Å². The lowest BCUT2D eigenvalue weighted by atomic mass is 10.8. The van der Waals surface area contributed by atoms with Crippen molar-refractivity contribution in [3.63, 3.8) is 0 Å². The predicted octanol–water partition coefficient (Wildman–Crippen LogP) is -0.653. The SMILES string of the molecule is NC(=S)SCCNS(=O)[O-]. The average Bonchev–Trinajstić information content (AvgIpc) is 1.79. The van der Waals surface area contributed by atoms with Crippen LogP contribution < -0.4 is 10.5 Å². The molecule has 0 aromatic heterocycles. The van der Waals surface area contributed by atoms with E-state index in [0.717, 1.165) is 0 Å². The van der Waals surface area contributed by atoms with Gasteiger partial charge in [0.15, 0.2) is 0 Å². The first-order chi connectivity index (χ1) is 4.63. The molecule has 0 aliphatic rings. The van der Waals surface area contributed by atoms with Gasteiger partial charge in [-0.1, -0.05) is 24.0 Å². The molecule has 0 saturated carbocycles. The lowest BCUT2D eigenvalue weighted by Crippen LogP contribution is -2.20. The number of thiocarbonyl (C=S) groups is 1. The number of nitrogens with two attached hydrogens (primary N) is 1. The van der Waals surface area contributed by atoms with E-state index < -0.39 is 11.3 Å². The summed E-state index contributed by atoms with van der Waals surface area (Å²) in [6.07, 6.45) is 0. The van der Waals surface area contributed by atoms with Gasteiger partial charge in [-0.2, -0.15) is 0 Å². The standard InChI is InChI=1S/C3H8N2O2S3/c4-3(8)9-2-1-5-10(6)7/h5H,1-2H2,(H2,4,8)(H,6,7)/p-1. The van der Waals surface area contributed by atoms with E-state index in [1.807, 2.05) is 0 Å². The van der Waals surface area contributed by atoms with Crippen LogP contribution in [0.3, 0.4) is 0 Å². The summed E-state index contributed by atoms with van der Waals surface area (Å²) in [5.41, 5.74) is 5.12. The maximum absolute atomic E-state index is 9.86. The Morgan fingerprint density at radius 2 is 2.50 bits per heavy atom. The Morgan fingerprint density at radius 1 is 1.90 bits per heavy atom. The van der Waals surface area contributed by atoms with Gasteiger partial charge in [0.05, 0.1) is 0 Å². The second kappa shape index (κ2) is 6.05. The molecule has 1 unspecified atom stereocenters. The minimum atomic E-state index is -2.18. The van der Waals surface area contributed by atoms with Crippen LogP contribution >= 0.6 is 24.0 Å². The highest BCUT2D eigenvalue weighted by molar-refractivity contribution is 8.22. The van der Waals surface area contributed by atoms with Crippen molar-refractivity contribution in [3.8, 4) is 0 Å². The van der Waals surface area contributed by atoms with Gasteiger partial charge in [0, 0.05) is 23.6 Å². The first-order valence-corrected chi connectivity index (χ1v) is 4.85. The summed E-state index contributed by atoms with van der Waals surface area (Å²) in [5, 5.41) is 0. The van der Waals surface area contributed by atoms with Gasteiger partial charge in [-0.3, -0.25) is 4.21 Å². The highest BCUT2D eigenvalue weighted by Crippen LogP contribution is 1.96. The summed E-state index contributed by atoms with van der Waals surface area (Å²) in [7, 11) is 0. The van der Waals surface area contributed by atoms with Gasteiger partial charge >= 0.3 is 0 Å². The lowest BCUT2D eigenvalue weighted by Gasteiger charge is -2.04. The van der Waals surface area contributed by atoms with Crippen molar-refractivity contribution in [2.45, 2.75) is 0 Å². The van der Waals surface area contributed by atoms with E-state index in [1.165, 1.54) is 11.8 Å². The van der Waals surface area contributed by atoms with Gasteiger partial charge in [-0.15, -0.1) is 0 Å². The molecule has 0 saturated heterocycles. The third-order valence-electron chi connectivity index (χ3n) is 0.566. The lowest BCUT2D eigenvalue weighted by molar-refractivity contribution is 0.525.